The van der Waals surface area contributed by atoms with Gasteiger partial charge in [-0.1, -0.05) is 19.3 Å². The molecule has 17 heavy (non-hydrogen) atoms. The van der Waals surface area contributed by atoms with E-state index in [1.807, 2.05) is 0 Å². The van der Waals surface area contributed by atoms with Crippen LogP contribution in [0.25, 0.3) is 0 Å². The molecular weight excluding hydrogens is 222 g/mol. The second-order valence-electron chi connectivity index (χ2n) is 4.97. The fraction of sp³-hybridized carbons (Fsp3) is 0.833. The van der Waals surface area contributed by atoms with Gasteiger partial charge in [0.15, 0.2) is 0 Å². The van der Waals surface area contributed by atoms with Crippen molar-refractivity contribution in [2.24, 2.45) is 11.8 Å². The van der Waals surface area contributed by atoms with Crippen LogP contribution in [0.4, 0.5) is 0 Å². The molecule has 2 rings (SSSR count). The maximum absolute atomic E-state index is 11.8. The first-order chi connectivity index (χ1) is 8.18. The molecule has 2 saturated carbocycles. The molecule has 0 aromatic rings. The number of hydroxylamine groups is 1. The molecule has 2 atom stereocenters. The van der Waals surface area contributed by atoms with Crippen molar-refractivity contribution < 1.29 is 19.5 Å². The lowest BCUT2D eigenvalue weighted by atomic mass is 9.96. The van der Waals surface area contributed by atoms with Gasteiger partial charge in [0, 0.05) is 0 Å². The van der Waals surface area contributed by atoms with Gasteiger partial charge < -0.3 is 5.11 Å². The largest absolute Gasteiger partial charge is 0.481 e. The molecule has 0 radical (unpaired) electrons. The molecule has 0 aromatic carbocycles. The molecule has 0 heterocycles. The Morgan fingerprint density at radius 3 is 2.29 bits per heavy atom. The number of amides is 1. The van der Waals surface area contributed by atoms with E-state index < -0.39 is 17.8 Å². The van der Waals surface area contributed by atoms with E-state index in [9.17, 15) is 9.59 Å². The zero-order valence-corrected chi connectivity index (χ0v) is 9.85. The highest BCUT2D eigenvalue weighted by molar-refractivity contribution is 5.84. The van der Waals surface area contributed by atoms with Gasteiger partial charge in [-0.15, -0.1) is 0 Å². The fourth-order valence-corrected chi connectivity index (χ4v) is 2.79. The van der Waals surface area contributed by atoms with E-state index in [0.29, 0.717) is 12.8 Å². The Bertz CT molecular complexity index is 299. The summed E-state index contributed by atoms with van der Waals surface area (Å²) in [5, 5.41) is 8.99. The van der Waals surface area contributed by atoms with Crippen molar-refractivity contribution >= 4 is 11.9 Å². The fourth-order valence-electron chi connectivity index (χ4n) is 2.79. The average molecular weight is 241 g/mol. The van der Waals surface area contributed by atoms with Gasteiger partial charge in [0.25, 0.3) is 0 Å². The Morgan fingerprint density at radius 1 is 1.00 bits per heavy atom. The average Bonchev–Trinajstić information content (AvgIpc) is 2.96. The highest BCUT2D eigenvalue weighted by atomic mass is 16.7. The quantitative estimate of drug-likeness (QED) is 0.731. The molecule has 0 aromatic heterocycles. The minimum atomic E-state index is -0.872. The maximum Gasteiger partial charge on any atom is 0.307 e. The van der Waals surface area contributed by atoms with Crippen molar-refractivity contribution in [2.45, 2.75) is 51.0 Å². The van der Waals surface area contributed by atoms with Gasteiger partial charge in [-0.3, -0.25) is 14.4 Å². The van der Waals surface area contributed by atoms with Crippen LogP contribution >= 0.6 is 0 Å². The third-order valence-corrected chi connectivity index (χ3v) is 3.80. The van der Waals surface area contributed by atoms with Crippen LogP contribution in [-0.2, 0) is 14.4 Å². The van der Waals surface area contributed by atoms with E-state index in [-0.39, 0.29) is 12.0 Å². The van der Waals surface area contributed by atoms with Crippen molar-refractivity contribution in [3.8, 4) is 0 Å². The summed E-state index contributed by atoms with van der Waals surface area (Å²) in [6.45, 7) is 0. The number of rotatable bonds is 4. The Labute approximate surface area is 100 Å². The second-order valence-corrected chi connectivity index (χ2v) is 4.97. The summed E-state index contributed by atoms with van der Waals surface area (Å²) in [4.78, 5) is 28.1. The molecule has 0 saturated heterocycles. The minimum Gasteiger partial charge on any atom is -0.481 e. The lowest BCUT2D eigenvalue weighted by Crippen LogP contribution is -2.37. The molecule has 0 bridgehead atoms. The SMILES string of the molecule is O=C(O)[C@H]1CCC[C@H]1C(=O)NOC1CCCC1. The molecular formula is C12H19NO4. The summed E-state index contributed by atoms with van der Waals surface area (Å²) in [5.74, 6) is -2.10. The van der Waals surface area contributed by atoms with Crippen LogP contribution in [-0.4, -0.2) is 23.1 Å². The minimum absolute atomic E-state index is 0.114. The van der Waals surface area contributed by atoms with Gasteiger partial charge in [-0.05, 0) is 25.7 Å². The van der Waals surface area contributed by atoms with Crippen LogP contribution in [0.5, 0.6) is 0 Å². The van der Waals surface area contributed by atoms with Crippen molar-refractivity contribution in [3.63, 3.8) is 0 Å². The maximum atomic E-state index is 11.8. The summed E-state index contributed by atoms with van der Waals surface area (Å²) >= 11 is 0. The molecule has 5 nitrogen and oxygen atoms in total. The van der Waals surface area contributed by atoms with Crippen LogP contribution in [0, 0.1) is 11.8 Å². The smallest absolute Gasteiger partial charge is 0.307 e. The van der Waals surface area contributed by atoms with E-state index in [1.54, 1.807) is 0 Å². The molecule has 0 unspecified atom stereocenters. The molecule has 2 fully saturated rings. The summed E-state index contributed by atoms with van der Waals surface area (Å²) in [6.07, 6.45) is 6.40. The van der Waals surface area contributed by atoms with Gasteiger partial charge in [0.05, 0.1) is 17.9 Å². The van der Waals surface area contributed by atoms with Crippen LogP contribution < -0.4 is 5.48 Å². The molecule has 5 heteroatoms. The second kappa shape index (κ2) is 5.49. The molecule has 2 N–H and O–H groups in total. The lowest BCUT2D eigenvalue weighted by Gasteiger charge is -2.17. The van der Waals surface area contributed by atoms with E-state index >= 15 is 0 Å². The van der Waals surface area contributed by atoms with E-state index in [0.717, 1.165) is 32.1 Å². The van der Waals surface area contributed by atoms with Gasteiger partial charge in [0.1, 0.15) is 0 Å². The van der Waals surface area contributed by atoms with Crippen molar-refractivity contribution in [1.82, 2.24) is 5.48 Å². The molecule has 0 spiro atoms. The highest BCUT2D eigenvalue weighted by Gasteiger charge is 2.38. The third-order valence-electron chi connectivity index (χ3n) is 3.80. The first kappa shape index (κ1) is 12.4. The summed E-state index contributed by atoms with van der Waals surface area (Å²) in [7, 11) is 0. The number of carboxylic acid groups (broad SMARTS) is 1. The molecule has 96 valence electrons. The van der Waals surface area contributed by atoms with Crippen LogP contribution in [0.1, 0.15) is 44.9 Å². The zero-order chi connectivity index (χ0) is 12.3. The number of hydrogen-bond donors (Lipinski definition) is 2. The third kappa shape index (κ3) is 2.97. The predicted octanol–water partition coefficient (Wildman–Crippen LogP) is 1.48. The van der Waals surface area contributed by atoms with Crippen molar-refractivity contribution in [1.29, 1.82) is 0 Å². The number of carboxylic acids is 1. The predicted molar refractivity (Wildman–Crippen MR) is 60.0 cm³/mol. The van der Waals surface area contributed by atoms with Gasteiger partial charge in [0.2, 0.25) is 5.91 Å². The van der Waals surface area contributed by atoms with Gasteiger partial charge in [-0.25, -0.2) is 5.48 Å². The van der Waals surface area contributed by atoms with Crippen molar-refractivity contribution in [2.75, 3.05) is 0 Å². The zero-order valence-electron chi connectivity index (χ0n) is 9.85. The normalized spacial score (nSPS) is 29.4. The van der Waals surface area contributed by atoms with E-state index in [4.69, 9.17) is 9.94 Å². The lowest BCUT2D eigenvalue weighted by molar-refractivity contribution is -0.151. The Hall–Kier alpha value is -1.10. The number of hydrogen-bond acceptors (Lipinski definition) is 3. The summed E-state index contributed by atoms with van der Waals surface area (Å²) < 4.78 is 0. The van der Waals surface area contributed by atoms with Crippen molar-refractivity contribution in [3.05, 3.63) is 0 Å². The number of carbonyl (C=O) groups is 2. The number of nitrogens with one attached hydrogen (secondary N) is 1. The van der Waals surface area contributed by atoms with Gasteiger partial charge in [-0.2, -0.15) is 0 Å². The van der Waals surface area contributed by atoms with Crippen LogP contribution in [0.2, 0.25) is 0 Å². The first-order valence-electron chi connectivity index (χ1n) is 6.37. The molecule has 2 aliphatic rings. The Morgan fingerprint density at radius 2 is 1.65 bits per heavy atom. The standard InChI is InChI=1S/C12H19NO4/c14-11(13-17-8-4-1-2-5-8)9-6-3-7-10(9)12(15)16/h8-10H,1-7H2,(H,13,14)(H,15,16)/t9-,10+/m1/s1. The van der Waals surface area contributed by atoms with E-state index in [2.05, 4.69) is 5.48 Å². The van der Waals surface area contributed by atoms with E-state index in [1.165, 1.54) is 0 Å². The monoisotopic (exact) mass is 241 g/mol. The van der Waals surface area contributed by atoms with Crippen LogP contribution in [0.15, 0.2) is 0 Å². The Kier molecular flexibility index (Phi) is 3.99. The summed E-state index contributed by atoms with van der Waals surface area (Å²) in [6, 6.07) is 0. The molecule has 1 amide bonds. The number of aliphatic carboxylic acids is 1. The van der Waals surface area contributed by atoms with Crippen LogP contribution in [0.3, 0.4) is 0 Å². The highest BCUT2D eigenvalue weighted by Crippen LogP contribution is 2.32. The molecule has 2 aliphatic carbocycles. The topological polar surface area (TPSA) is 75.6 Å². The summed E-state index contributed by atoms with van der Waals surface area (Å²) in [5.41, 5.74) is 2.45. The van der Waals surface area contributed by atoms with Gasteiger partial charge >= 0.3 is 5.97 Å². The number of carbonyl (C=O) groups excluding carboxylic acids is 1. The first-order valence-corrected chi connectivity index (χ1v) is 6.37. The Balaban J connectivity index is 1.80. The molecule has 0 aliphatic heterocycles.